The molecule has 0 unspecified atom stereocenters. The fraction of sp³-hybridized carbons (Fsp3) is 0.407. The first kappa shape index (κ1) is 23.7. The van der Waals surface area contributed by atoms with Gasteiger partial charge >= 0.3 is 0 Å². The number of aryl methyl sites for hydroxylation is 1. The van der Waals surface area contributed by atoms with E-state index in [9.17, 15) is 4.79 Å². The number of nitrogens with zero attached hydrogens (tertiary/aromatic N) is 5. The highest BCUT2D eigenvalue weighted by Crippen LogP contribution is 2.34. The van der Waals surface area contributed by atoms with Crippen LogP contribution in [0.2, 0.25) is 5.02 Å². The van der Waals surface area contributed by atoms with E-state index >= 15 is 0 Å². The van der Waals surface area contributed by atoms with Crippen LogP contribution in [0.5, 0.6) is 0 Å². The van der Waals surface area contributed by atoms with E-state index in [1.54, 1.807) is 0 Å². The highest BCUT2D eigenvalue weighted by atomic mass is 35.5. The SMILES string of the molecule is CC[C@H](c1nnnn1C1CCCC1)N(Cc1ccccc1Cl)Cc1cc2cc(C)ccc2[nH]c1=O. The molecule has 0 spiro atoms. The van der Waals surface area contributed by atoms with E-state index in [2.05, 4.69) is 45.3 Å². The van der Waals surface area contributed by atoms with Gasteiger partial charge in [-0.3, -0.25) is 9.69 Å². The molecule has 2 heterocycles. The van der Waals surface area contributed by atoms with Gasteiger partial charge in [0.1, 0.15) is 0 Å². The molecule has 1 atom stereocenters. The molecular formula is C27H31ClN6O. The standard InChI is InChI=1S/C27H31ClN6O/c1-3-25(26-30-31-32-34(26)22-9-5-6-10-22)33(16-19-8-4-7-11-23(19)28)17-21-15-20-14-18(2)12-13-24(20)29-27(21)35/h4,7-8,11-15,22,25H,3,5-6,9-10,16-17H2,1-2H3,(H,29,35)/t25-/m1/s1. The Kier molecular flexibility index (Phi) is 6.97. The molecule has 1 aliphatic carbocycles. The van der Waals surface area contributed by atoms with Crippen LogP contribution in [0.15, 0.2) is 53.3 Å². The zero-order valence-corrected chi connectivity index (χ0v) is 21.0. The number of halogens is 1. The molecule has 5 rings (SSSR count). The van der Waals surface area contributed by atoms with Gasteiger partial charge in [0.2, 0.25) is 0 Å². The van der Waals surface area contributed by atoms with E-state index in [1.165, 1.54) is 12.8 Å². The van der Waals surface area contributed by atoms with E-state index in [-0.39, 0.29) is 11.6 Å². The maximum atomic E-state index is 13.1. The lowest BCUT2D eigenvalue weighted by molar-refractivity contribution is 0.158. The van der Waals surface area contributed by atoms with Gasteiger partial charge in [-0.1, -0.05) is 61.2 Å². The average molecular weight is 491 g/mol. The number of pyridine rings is 1. The highest BCUT2D eigenvalue weighted by Gasteiger charge is 2.30. The van der Waals surface area contributed by atoms with Gasteiger partial charge in [0.15, 0.2) is 5.82 Å². The van der Waals surface area contributed by atoms with Gasteiger partial charge in [-0.15, -0.1) is 5.10 Å². The number of hydrogen-bond acceptors (Lipinski definition) is 5. The number of nitrogens with one attached hydrogen (secondary N) is 1. The molecule has 1 aliphatic rings. The first-order valence-corrected chi connectivity index (χ1v) is 12.8. The van der Waals surface area contributed by atoms with Crippen LogP contribution < -0.4 is 5.56 Å². The molecule has 7 nitrogen and oxygen atoms in total. The summed E-state index contributed by atoms with van der Waals surface area (Å²) >= 11 is 6.57. The van der Waals surface area contributed by atoms with E-state index in [0.29, 0.717) is 29.7 Å². The van der Waals surface area contributed by atoms with Crippen molar-refractivity contribution in [2.75, 3.05) is 0 Å². The lowest BCUT2D eigenvalue weighted by atomic mass is 10.1. The summed E-state index contributed by atoms with van der Waals surface area (Å²) in [5.41, 5.74) is 3.66. The lowest BCUT2D eigenvalue weighted by Crippen LogP contribution is -2.33. The molecule has 0 saturated heterocycles. The topological polar surface area (TPSA) is 79.7 Å². The molecule has 0 aliphatic heterocycles. The van der Waals surface area contributed by atoms with Crippen molar-refractivity contribution in [2.24, 2.45) is 0 Å². The van der Waals surface area contributed by atoms with Gasteiger partial charge in [-0.25, -0.2) is 4.68 Å². The molecular weight excluding hydrogens is 460 g/mol. The quantitative estimate of drug-likeness (QED) is 0.340. The summed E-state index contributed by atoms with van der Waals surface area (Å²) in [4.78, 5) is 18.4. The predicted octanol–water partition coefficient (Wildman–Crippen LogP) is 5.75. The monoisotopic (exact) mass is 490 g/mol. The second-order valence-electron chi connectivity index (χ2n) is 9.55. The first-order chi connectivity index (χ1) is 17.0. The Labute approximate surface area is 210 Å². The molecule has 1 fully saturated rings. The molecule has 2 aromatic heterocycles. The summed E-state index contributed by atoms with van der Waals surface area (Å²) in [6, 6.07) is 16.2. The number of tetrazole rings is 1. The van der Waals surface area contributed by atoms with Crippen molar-refractivity contribution < 1.29 is 0 Å². The van der Waals surface area contributed by atoms with E-state index in [4.69, 9.17) is 11.6 Å². The molecule has 0 bridgehead atoms. The number of fused-ring (bicyclic) bond motifs is 1. The average Bonchev–Trinajstić information content (AvgIpc) is 3.54. The molecule has 182 valence electrons. The van der Waals surface area contributed by atoms with Crippen molar-refractivity contribution in [2.45, 2.75) is 71.1 Å². The lowest BCUT2D eigenvalue weighted by Gasteiger charge is -2.31. The van der Waals surface area contributed by atoms with Crippen molar-refractivity contribution in [3.8, 4) is 0 Å². The summed E-state index contributed by atoms with van der Waals surface area (Å²) in [6.45, 7) is 5.25. The Morgan fingerprint density at radius 1 is 1.11 bits per heavy atom. The third kappa shape index (κ3) is 5.02. The number of hydrogen-bond donors (Lipinski definition) is 1. The van der Waals surface area contributed by atoms with Crippen LogP contribution in [0.4, 0.5) is 0 Å². The minimum absolute atomic E-state index is 0.0607. The zero-order valence-electron chi connectivity index (χ0n) is 20.2. The van der Waals surface area contributed by atoms with E-state index < -0.39 is 0 Å². The van der Waals surface area contributed by atoms with Crippen molar-refractivity contribution in [3.05, 3.63) is 86.4 Å². The molecule has 1 saturated carbocycles. The highest BCUT2D eigenvalue weighted by molar-refractivity contribution is 6.31. The fourth-order valence-corrected chi connectivity index (χ4v) is 5.46. The summed E-state index contributed by atoms with van der Waals surface area (Å²) in [5.74, 6) is 0.861. The molecule has 8 heteroatoms. The van der Waals surface area contributed by atoms with Crippen molar-refractivity contribution >= 4 is 22.5 Å². The van der Waals surface area contributed by atoms with Crippen LogP contribution in [0.25, 0.3) is 10.9 Å². The smallest absolute Gasteiger partial charge is 0.252 e. The Hall–Kier alpha value is -3.03. The van der Waals surface area contributed by atoms with Gasteiger partial charge in [-0.2, -0.15) is 0 Å². The van der Waals surface area contributed by atoms with Crippen molar-refractivity contribution in [1.82, 2.24) is 30.1 Å². The summed E-state index contributed by atoms with van der Waals surface area (Å²) < 4.78 is 2.02. The molecule has 2 aromatic carbocycles. The van der Waals surface area contributed by atoms with Crippen LogP contribution in [0.3, 0.4) is 0 Å². The number of benzene rings is 2. The van der Waals surface area contributed by atoms with Crippen LogP contribution in [-0.4, -0.2) is 30.1 Å². The Morgan fingerprint density at radius 2 is 1.89 bits per heavy atom. The largest absolute Gasteiger partial charge is 0.322 e. The third-order valence-electron chi connectivity index (χ3n) is 7.10. The summed E-state index contributed by atoms with van der Waals surface area (Å²) in [6.07, 6.45) is 5.42. The van der Waals surface area contributed by atoms with Crippen molar-refractivity contribution in [1.29, 1.82) is 0 Å². The summed E-state index contributed by atoms with van der Waals surface area (Å²) in [5, 5.41) is 14.7. The summed E-state index contributed by atoms with van der Waals surface area (Å²) in [7, 11) is 0. The van der Waals surface area contributed by atoms with E-state index in [1.807, 2.05) is 47.1 Å². The molecule has 35 heavy (non-hydrogen) atoms. The van der Waals surface area contributed by atoms with Crippen LogP contribution in [0.1, 0.15) is 73.6 Å². The number of H-pyrrole nitrogens is 1. The Balaban J connectivity index is 1.55. The molecule has 1 N–H and O–H groups in total. The molecule has 0 radical (unpaired) electrons. The third-order valence-corrected chi connectivity index (χ3v) is 7.46. The van der Waals surface area contributed by atoms with Crippen LogP contribution >= 0.6 is 11.6 Å². The maximum Gasteiger partial charge on any atom is 0.252 e. The van der Waals surface area contributed by atoms with Gasteiger partial charge in [0.25, 0.3) is 5.56 Å². The molecule has 0 amide bonds. The predicted molar refractivity (Wildman–Crippen MR) is 138 cm³/mol. The zero-order chi connectivity index (χ0) is 24.4. The van der Waals surface area contributed by atoms with Crippen molar-refractivity contribution in [3.63, 3.8) is 0 Å². The normalized spacial score (nSPS) is 15.3. The van der Waals surface area contributed by atoms with Gasteiger partial charge < -0.3 is 4.98 Å². The maximum absolute atomic E-state index is 13.1. The Bertz CT molecular complexity index is 1370. The second-order valence-corrected chi connectivity index (χ2v) is 9.96. The number of aromatic nitrogens is 5. The minimum atomic E-state index is -0.0734. The number of aromatic amines is 1. The fourth-order valence-electron chi connectivity index (χ4n) is 5.26. The van der Waals surface area contributed by atoms with Crippen LogP contribution in [-0.2, 0) is 13.1 Å². The Morgan fingerprint density at radius 3 is 2.66 bits per heavy atom. The number of rotatable bonds is 8. The van der Waals surface area contributed by atoms with Gasteiger partial charge in [0, 0.05) is 29.2 Å². The second kappa shape index (κ2) is 10.3. The van der Waals surface area contributed by atoms with E-state index in [0.717, 1.165) is 47.1 Å². The van der Waals surface area contributed by atoms with Gasteiger partial charge in [-0.05, 0) is 71.8 Å². The minimum Gasteiger partial charge on any atom is -0.322 e. The first-order valence-electron chi connectivity index (χ1n) is 12.4. The van der Waals surface area contributed by atoms with Crippen LogP contribution in [0, 0.1) is 6.92 Å². The molecule has 4 aromatic rings. The van der Waals surface area contributed by atoms with Gasteiger partial charge in [0.05, 0.1) is 12.1 Å².